The maximum atomic E-state index is 13.3. The smallest absolute Gasteiger partial charge is 0.241 e. The first-order chi connectivity index (χ1) is 18.1. The Bertz CT molecular complexity index is 1460. The Hall–Kier alpha value is -4.00. The van der Waals surface area contributed by atoms with Gasteiger partial charge in [-0.05, 0) is 35.0 Å². The lowest BCUT2D eigenvalue weighted by Gasteiger charge is -2.33. The number of nitrogens with zero attached hydrogens (tertiary/aromatic N) is 1. The number of hydrogen-bond donors (Lipinski definition) is 5. The molecule has 0 unspecified atom stereocenters. The van der Waals surface area contributed by atoms with Crippen LogP contribution in [0.4, 0.5) is 5.69 Å². The number of anilines is 1. The van der Waals surface area contributed by atoms with Crippen molar-refractivity contribution in [2.24, 2.45) is 5.73 Å². The molecule has 0 saturated carbocycles. The molecular formula is C26H30N6O5S. The van der Waals surface area contributed by atoms with Crippen LogP contribution >= 0.6 is 0 Å². The van der Waals surface area contributed by atoms with Crippen LogP contribution in [0.25, 0.3) is 10.8 Å². The van der Waals surface area contributed by atoms with Crippen molar-refractivity contribution in [2.45, 2.75) is 23.5 Å². The van der Waals surface area contributed by atoms with Crippen LogP contribution in [-0.2, 0) is 19.6 Å². The lowest BCUT2D eigenvalue weighted by Crippen LogP contribution is -2.54. The van der Waals surface area contributed by atoms with Gasteiger partial charge in [-0.1, -0.05) is 42.5 Å². The van der Waals surface area contributed by atoms with E-state index in [1.807, 2.05) is 12.1 Å². The molecule has 0 spiro atoms. The maximum Gasteiger partial charge on any atom is 0.241 e. The molecule has 11 nitrogen and oxygen atoms in total. The number of carbonyl (C=O) groups excluding carboxylic acids is 2. The minimum absolute atomic E-state index is 0.0339. The van der Waals surface area contributed by atoms with Gasteiger partial charge in [0.2, 0.25) is 15.9 Å². The molecule has 1 aliphatic heterocycles. The fourth-order valence-electron chi connectivity index (χ4n) is 4.22. The summed E-state index contributed by atoms with van der Waals surface area (Å²) >= 11 is 0. The molecule has 1 fully saturated rings. The van der Waals surface area contributed by atoms with E-state index in [1.165, 1.54) is 18.2 Å². The number of nitrogens with one attached hydrogen (secondary N) is 3. The van der Waals surface area contributed by atoms with E-state index in [0.717, 1.165) is 5.39 Å². The number of Topliss-reactive ketones (excluding diaryl/α,β-unsaturated/α-hetero) is 1. The highest BCUT2D eigenvalue weighted by atomic mass is 32.2. The summed E-state index contributed by atoms with van der Waals surface area (Å²) in [5, 5.41) is 11.9. The minimum Gasteiger partial charge on any atom is -0.398 e. The van der Waals surface area contributed by atoms with Crippen molar-refractivity contribution in [1.82, 2.24) is 14.9 Å². The predicted molar refractivity (Wildman–Crippen MR) is 144 cm³/mol. The first kappa shape index (κ1) is 27.0. The lowest BCUT2D eigenvalue weighted by atomic mass is 10.0. The summed E-state index contributed by atoms with van der Waals surface area (Å²) in [6.07, 6.45) is -0.910. The van der Waals surface area contributed by atoms with Crippen LogP contribution in [0.15, 0.2) is 71.6 Å². The van der Waals surface area contributed by atoms with E-state index < -0.39 is 40.3 Å². The molecule has 3 aromatic carbocycles. The van der Waals surface area contributed by atoms with E-state index in [2.05, 4.69) is 10.0 Å². The van der Waals surface area contributed by atoms with Crippen LogP contribution in [-0.4, -0.2) is 69.4 Å². The van der Waals surface area contributed by atoms with Crippen molar-refractivity contribution >= 4 is 44.1 Å². The number of sulfonamides is 1. The molecule has 1 saturated heterocycles. The standard InChI is InChI=1S/C26H30N6O5S/c27-22-8-4-3-7-21(22)24(33)14-23(25(34)30-15-19-16-32(26(28)29)11-12-37-19)31-38(35,36)20-10-9-17-5-1-2-6-18(17)13-20/h1-10,13,19,23,31H,11-12,14-16,27H2,(H3,28,29)(H,30,34)/t19-,23+/m0/s1. The highest BCUT2D eigenvalue weighted by molar-refractivity contribution is 7.89. The quantitative estimate of drug-likeness (QED) is 0.116. The van der Waals surface area contributed by atoms with E-state index in [-0.39, 0.29) is 28.7 Å². The third-order valence-electron chi connectivity index (χ3n) is 6.28. The van der Waals surface area contributed by atoms with Gasteiger partial charge in [0.05, 0.1) is 17.6 Å². The van der Waals surface area contributed by atoms with Crippen LogP contribution in [0.5, 0.6) is 0 Å². The van der Waals surface area contributed by atoms with E-state index in [4.69, 9.17) is 21.6 Å². The SMILES string of the molecule is N=C(N)N1CCO[C@@H](CNC(=O)[C@@H](CC(=O)c2ccccc2N)NS(=O)(=O)c2ccc3ccccc3c2)C1. The Labute approximate surface area is 220 Å². The molecule has 0 radical (unpaired) electrons. The largest absolute Gasteiger partial charge is 0.398 e. The molecule has 4 rings (SSSR count). The summed E-state index contributed by atoms with van der Waals surface area (Å²) < 4.78 is 34.6. The Morgan fingerprint density at radius 3 is 2.53 bits per heavy atom. The van der Waals surface area contributed by atoms with Crippen molar-refractivity contribution in [3.05, 3.63) is 72.3 Å². The average molecular weight is 539 g/mol. The van der Waals surface area contributed by atoms with Crippen LogP contribution in [0, 0.1) is 5.41 Å². The summed E-state index contributed by atoms with van der Waals surface area (Å²) in [6, 6.07) is 16.9. The molecule has 0 bridgehead atoms. The lowest BCUT2D eigenvalue weighted by molar-refractivity contribution is -0.123. The summed E-state index contributed by atoms with van der Waals surface area (Å²) in [6.45, 7) is 1.12. The summed E-state index contributed by atoms with van der Waals surface area (Å²) in [5.41, 5.74) is 11.9. The number of amides is 1. The zero-order valence-electron chi connectivity index (χ0n) is 20.6. The maximum absolute atomic E-state index is 13.3. The highest BCUT2D eigenvalue weighted by Crippen LogP contribution is 2.20. The number of nitrogen functional groups attached to an aromatic ring is 1. The second-order valence-corrected chi connectivity index (χ2v) is 10.7. The van der Waals surface area contributed by atoms with Gasteiger partial charge in [-0.25, -0.2) is 8.42 Å². The number of morpholine rings is 1. The molecule has 3 aromatic rings. The average Bonchev–Trinajstić information content (AvgIpc) is 2.91. The number of carbonyl (C=O) groups is 2. The zero-order valence-corrected chi connectivity index (χ0v) is 21.4. The van der Waals surface area contributed by atoms with Gasteiger partial charge in [-0.2, -0.15) is 4.72 Å². The molecule has 38 heavy (non-hydrogen) atoms. The second kappa shape index (κ2) is 11.6. The van der Waals surface area contributed by atoms with Crippen molar-refractivity contribution in [3.63, 3.8) is 0 Å². The molecular weight excluding hydrogens is 508 g/mol. The minimum atomic E-state index is -4.18. The fraction of sp³-hybridized carbons (Fsp3) is 0.269. The molecule has 2 atom stereocenters. The highest BCUT2D eigenvalue weighted by Gasteiger charge is 2.30. The summed E-state index contributed by atoms with van der Waals surface area (Å²) in [4.78, 5) is 27.8. The summed E-state index contributed by atoms with van der Waals surface area (Å²) in [7, 11) is -4.18. The third-order valence-corrected chi connectivity index (χ3v) is 7.75. The third kappa shape index (κ3) is 6.46. The van der Waals surface area contributed by atoms with Crippen LogP contribution in [0.1, 0.15) is 16.8 Å². The molecule has 1 heterocycles. The Balaban J connectivity index is 1.54. The molecule has 7 N–H and O–H groups in total. The van der Waals surface area contributed by atoms with Crippen LogP contribution in [0.2, 0.25) is 0 Å². The number of ketones is 1. The number of para-hydroxylation sites is 1. The normalized spacial score (nSPS) is 16.6. The predicted octanol–water partition coefficient (Wildman–Crippen LogP) is 1.05. The van der Waals surface area contributed by atoms with Crippen molar-refractivity contribution in [2.75, 3.05) is 32.0 Å². The van der Waals surface area contributed by atoms with E-state index in [0.29, 0.717) is 25.1 Å². The van der Waals surface area contributed by atoms with Gasteiger partial charge in [0, 0.05) is 37.3 Å². The Kier molecular flexibility index (Phi) is 8.25. The molecule has 0 aromatic heterocycles. The molecule has 1 amide bonds. The number of guanidine groups is 1. The van der Waals surface area contributed by atoms with Crippen molar-refractivity contribution in [1.29, 1.82) is 5.41 Å². The van der Waals surface area contributed by atoms with E-state index >= 15 is 0 Å². The van der Waals surface area contributed by atoms with Crippen molar-refractivity contribution < 1.29 is 22.7 Å². The molecule has 0 aliphatic carbocycles. The number of nitrogens with two attached hydrogens (primary N) is 2. The van der Waals surface area contributed by atoms with Crippen molar-refractivity contribution in [3.8, 4) is 0 Å². The second-order valence-electron chi connectivity index (χ2n) is 8.97. The van der Waals surface area contributed by atoms with Gasteiger partial charge < -0.3 is 26.4 Å². The molecule has 200 valence electrons. The van der Waals surface area contributed by atoms with E-state index in [9.17, 15) is 18.0 Å². The van der Waals surface area contributed by atoms with Crippen LogP contribution in [0.3, 0.4) is 0 Å². The Morgan fingerprint density at radius 2 is 1.79 bits per heavy atom. The number of rotatable bonds is 9. The number of fused-ring (bicyclic) bond motifs is 1. The number of benzene rings is 3. The van der Waals surface area contributed by atoms with E-state index in [1.54, 1.807) is 41.3 Å². The number of ether oxygens (including phenoxy) is 1. The van der Waals surface area contributed by atoms with Gasteiger partial charge in [0.1, 0.15) is 6.04 Å². The first-order valence-corrected chi connectivity index (χ1v) is 13.5. The van der Waals surface area contributed by atoms with Gasteiger partial charge in [0.25, 0.3) is 0 Å². The number of hydrogen-bond acceptors (Lipinski definition) is 7. The molecule has 1 aliphatic rings. The monoisotopic (exact) mass is 538 g/mol. The summed E-state index contributed by atoms with van der Waals surface area (Å²) in [5.74, 6) is -1.28. The topological polar surface area (TPSA) is 181 Å². The van der Waals surface area contributed by atoms with Gasteiger partial charge in [-0.3, -0.25) is 15.0 Å². The zero-order chi connectivity index (χ0) is 27.3. The van der Waals surface area contributed by atoms with Crippen LogP contribution < -0.4 is 21.5 Å². The fourth-order valence-corrected chi connectivity index (χ4v) is 5.45. The van der Waals surface area contributed by atoms with Gasteiger partial charge >= 0.3 is 0 Å². The van der Waals surface area contributed by atoms with Gasteiger partial charge in [0.15, 0.2) is 11.7 Å². The van der Waals surface area contributed by atoms with Gasteiger partial charge in [-0.15, -0.1) is 0 Å². The molecule has 12 heteroatoms. The Morgan fingerprint density at radius 1 is 1.08 bits per heavy atom. The first-order valence-electron chi connectivity index (χ1n) is 12.0.